The van der Waals surface area contributed by atoms with Crippen molar-refractivity contribution in [1.82, 2.24) is 15.2 Å². The second kappa shape index (κ2) is 9.91. The Bertz CT molecular complexity index is 1360. The molecule has 1 aromatic heterocycles. The minimum absolute atomic E-state index is 0.120. The highest BCUT2D eigenvalue weighted by atomic mass is 16.5. The van der Waals surface area contributed by atoms with Gasteiger partial charge in [-0.3, -0.25) is 19.6 Å². The molecule has 2 aliphatic heterocycles. The van der Waals surface area contributed by atoms with Crippen molar-refractivity contribution in [3.8, 4) is 16.9 Å². The molecular weight excluding hydrogens is 454 g/mol. The van der Waals surface area contributed by atoms with E-state index >= 15 is 0 Å². The maximum Gasteiger partial charge on any atom is 0.255 e. The number of carbonyl (C=O) groups excluding carboxylic acids is 2. The van der Waals surface area contributed by atoms with Crippen LogP contribution >= 0.6 is 0 Å². The van der Waals surface area contributed by atoms with Crippen molar-refractivity contribution >= 4 is 23.2 Å². The fourth-order valence-corrected chi connectivity index (χ4v) is 4.67. The van der Waals surface area contributed by atoms with Crippen LogP contribution in [-0.4, -0.2) is 61.2 Å². The monoisotopic (exact) mass is 483 g/mol. The number of hydrogen-bond donors (Lipinski definition) is 2. The Morgan fingerprint density at radius 2 is 1.92 bits per heavy atom. The highest BCUT2D eigenvalue weighted by molar-refractivity contribution is 6.16. The first-order valence-electron chi connectivity index (χ1n) is 12.0. The zero-order valence-electron chi connectivity index (χ0n) is 20.7. The lowest BCUT2D eigenvalue weighted by Crippen LogP contribution is -2.36. The van der Waals surface area contributed by atoms with Crippen molar-refractivity contribution in [2.45, 2.75) is 25.4 Å². The van der Waals surface area contributed by atoms with Gasteiger partial charge < -0.3 is 20.3 Å². The average Bonchev–Trinajstić information content (AvgIpc) is 3.58. The number of aromatic nitrogens is 1. The molecule has 36 heavy (non-hydrogen) atoms. The summed E-state index contributed by atoms with van der Waals surface area (Å²) in [5, 5.41) is 6.15. The van der Waals surface area contributed by atoms with Crippen LogP contribution in [0.3, 0.4) is 0 Å². The lowest BCUT2D eigenvalue weighted by Gasteiger charge is -2.18. The molecule has 184 valence electrons. The van der Waals surface area contributed by atoms with E-state index < -0.39 is 0 Å². The Kier molecular flexibility index (Phi) is 6.52. The molecule has 3 aromatic rings. The number of anilines is 1. The first-order chi connectivity index (χ1) is 17.5. The quantitative estimate of drug-likeness (QED) is 0.560. The van der Waals surface area contributed by atoms with E-state index in [1.54, 1.807) is 33.5 Å². The molecule has 0 saturated carbocycles. The van der Waals surface area contributed by atoms with Gasteiger partial charge in [0.25, 0.3) is 5.91 Å². The first-order valence-corrected chi connectivity index (χ1v) is 12.0. The van der Waals surface area contributed by atoms with Crippen molar-refractivity contribution in [3.63, 3.8) is 0 Å². The fraction of sp³-hybridized carbons (Fsp3) is 0.286. The molecule has 2 aliphatic rings. The molecule has 0 spiro atoms. The molecule has 0 unspecified atom stereocenters. The van der Waals surface area contributed by atoms with E-state index in [0.29, 0.717) is 17.8 Å². The number of pyridine rings is 1. The number of benzene rings is 2. The third-order valence-electron chi connectivity index (χ3n) is 6.60. The molecule has 1 saturated heterocycles. The van der Waals surface area contributed by atoms with Gasteiger partial charge in [-0.1, -0.05) is 18.2 Å². The van der Waals surface area contributed by atoms with E-state index in [1.165, 1.54) is 4.90 Å². The van der Waals surface area contributed by atoms with Gasteiger partial charge in [0.15, 0.2) is 0 Å². The number of carbonyl (C=O) groups is 2. The summed E-state index contributed by atoms with van der Waals surface area (Å²) in [6, 6.07) is 15.1. The molecule has 3 heterocycles. The summed E-state index contributed by atoms with van der Waals surface area (Å²) >= 11 is 0. The summed E-state index contributed by atoms with van der Waals surface area (Å²) in [5.41, 5.74) is 6.23. The van der Waals surface area contributed by atoms with Gasteiger partial charge in [0.1, 0.15) is 5.75 Å². The molecule has 8 heteroatoms. The maximum atomic E-state index is 13.1. The van der Waals surface area contributed by atoms with Gasteiger partial charge >= 0.3 is 0 Å². The van der Waals surface area contributed by atoms with Crippen LogP contribution in [0, 0.1) is 0 Å². The molecular formula is C28H29N5O3. The van der Waals surface area contributed by atoms with Crippen LogP contribution in [-0.2, 0) is 11.3 Å². The average molecular weight is 484 g/mol. The predicted octanol–water partition coefficient (Wildman–Crippen LogP) is 3.50. The summed E-state index contributed by atoms with van der Waals surface area (Å²) in [5.74, 6) is 0.451. The van der Waals surface area contributed by atoms with E-state index in [0.717, 1.165) is 58.8 Å². The predicted molar refractivity (Wildman–Crippen MR) is 140 cm³/mol. The number of hydrogen-bond acceptors (Lipinski definition) is 6. The van der Waals surface area contributed by atoms with Gasteiger partial charge in [-0.05, 0) is 55.3 Å². The van der Waals surface area contributed by atoms with Crippen LogP contribution < -0.4 is 15.4 Å². The molecule has 8 nitrogen and oxygen atoms in total. The van der Waals surface area contributed by atoms with Crippen molar-refractivity contribution in [2.24, 2.45) is 4.99 Å². The van der Waals surface area contributed by atoms with Crippen LogP contribution in [0.1, 0.15) is 40.0 Å². The van der Waals surface area contributed by atoms with Crippen molar-refractivity contribution in [1.29, 1.82) is 0 Å². The third kappa shape index (κ3) is 4.47. The third-order valence-corrected chi connectivity index (χ3v) is 6.60. The number of nitrogens with zero attached hydrogens (tertiary/aromatic N) is 3. The molecule has 2 aromatic carbocycles. The van der Waals surface area contributed by atoms with Crippen LogP contribution in [0.15, 0.2) is 59.7 Å². The SMILES string of the molecule is COc1ccccc1C1=NCc2ncc(-c3ccc(NC(=O)[C@H]4CCCN4)c(C(=O)N(C)C)c3)cc21. The maximum absolute atomic E-state index is 13.1. The summed E-state index contributed by atoms with van der Waals surface area (Å²) in [6.45, 7) is 1.33. The van der Waals surface area contributed by atoms with E-state index in [-0.39, 0.29) is 17.9 Å². The Morgan fingerprint density at radius 1 is 1.08 bits per heavy atom. The topological polar surface area (TPSA) is 95.9 Å². The van der Waals surface area contributed by atoms with Crippen LogP contribution in [0.4, 0.5) is 5.69 Å². The minimum Gasteiger partial charge on any atom is -0.496 e. The van der Waals surface area contributed by atoms with Crippen molar-refractivity contribution < 1.29 is 14.3 Å². The van der Waals surface area contributed by atoms with Gasteiger partial charge in [-0.15, -0.1) is 0 Å². The van der Waals surface area contributed by atoms with E-state index in [2.05, 4.69) is 21.7 Å². The molecule has 1 fully saturated rings. The summed E-state index contributed by atoms with van der Waals surface area (Å²) in [4.78, 5) is 36.7. The number of nitrogens with one attached hydrogen (secondary N) is 2. The second-order valence-electron chi connectivity index (χ2n) is 9.18. The number of aliphatic imine (C=N–C) groups is 1. The Morgan fingerprint density at radius 3 is 2.67 bits per heavy atom. The largest absolute Gasteiger partial charge is 0.496 e. The Hall–Kier alpha value is -4.04. The van der Waals surface area contributed by atoms with E-state index in [9.17, 15) is 9.59 Å². The van der Waals surface area contributed by atoms with Crippen LogP contribution in [0.25, 0.3) is 11.1 Å². The molecule has 1 atom stereocenters. The molecule has 0 radical (unpaired) electrons. The molecule has 0 bridgehead atoms. The number of rotatable bonds is 6. The number of fused-ring (bicyclic) bond motifs is 1. The zero-order chi connectivity index (χ0) is 25.2. The fourth-order valence-electron chi connectivity index (χ4n) is 4.67. The van der Waals surface area contributed by atoms with E-state index in [1.807, 2.05) is 36.4 Å². The summed E-state index contributed by atoms with van der Waals surface area (Å²) in [6.07, 6.45) is 3.56. The smallest absolute Gasteiger partial charge is 0.255 e. The highest BCUT2D eigenvalue weighted by Crippen LogP contribution is 2.32. The zero-order valence-corrected chi connectivity index (χ0v) is 20.7. The van der Waals surface area contributed by atoms with Crippen molar-refractivity contribution in [2.75, 3.05) is 33.1 Å². The Balaban J connectivity index is 1.51. The van der Waals surface area contributed by atoms with Crippen molar-refractivity contribution in [3.05, 3.63) is 77.1 Å². The molecule has 2 N–H and O–H groups in total. The van der Waals surface area contributed by atoms with Gasteiger partial charge in [0.2, 0.25) is 5.91 Å². The van der Waals surface area contributed by atoms with Gasteiger partial charge in [-0.2, -0.15) is 0 Å². The summed E-state index contributed by atoms with van der Waals surface area (Å²) < 4.78 is 5.55. The van der Waals surface area contributed by atoms with Crippen LogP contribution in [0.5, 0.6) is 5.75 Å². The summed E-state index contributed by atoms with van der Waals surface area (Å²) in [7, 11) is 5.05. The highest BCUT2D eigenvalue weighted by Gasteiger charge is 2.25. The molecule has 2 amide bonds. The molecule has 0 aliphatic carbocycles. The number of amides is 2. The van der Waals surface area contributed by atoms with Gasteiger partial charge in [0, 0.05) is 37.0 Å². The van der Waals surface area contributed by atoms with Crippen LogP contribution in [0.2, 0.25) is 0 Å². The number of methoxy groups -OCH3 is 1. The van der Waals surface area contributed by atoms with Gasteiger partial charge in [0.05, 0.1) is 42.4 Å². The lowest BCUT2D eigenvalue weighted by atomic mass is 9.97. The molecule has 5 rings (SSSR count). The lowest BCUT2D eigenvalue weighted by molar-refractivity contribution is -0.117. The number of para-hydroxylation sites is 1. The second-order valence-corrected chi connectivity index (χ2v) is 9.18. The standard InChI is InChI=1S/C28H29N5O3/c1-33(2)28(35)21-13-17(10-11-22(21)32-27(34)23-8-6-12-29-23)18-14-20-24(30-15-18)16-31-26(20)19-7-4-5-9-25(19)36-3/h4-5,7,9-11,13-15,23,29H,6,8,12,16H2,1-3H3,(H,32,34)/t23-/m1/s1. The Labute approximate surface area is 210 Å². The first kappa shape index (κ1) is 23.7. The number of ether oxygens (including phenoxy) is 1. The minimum atomic E-state index is -0.236. The van der Waals surface area contributed by atoms with E-state index in [4.69, 9.17) is 9.73 Å². The normalized spacial score (nSPS) is 16.3. The van der Waals surface area contributed by atoms with Gasteiger partial charge in [-0.25, -0.2) is 0 Å².